The monoisotopic (exact) mass is 251 g/mol. The molecule has 1 atom stereocenters. The zero-order valence-corrected chi connectivity index (χ0v) is 10.9. The summed E-state index contributed by atoms with van der Waals surface area (Å²) in [6.45, 7) is 4.40. The van der Waals surface area contributed by atoms with Crippen molar-refractivity contribution in [2.75, 3.05) is 6.54 Å². The Morgan fingerprint density at radius 2 is 2.56 bits per heavy atom. The van der Waals surface area contributed by atoms with Crippen molar-refractivity contribution in [2.45, 2.75) is 51.7 Å². The molecule has 1 aromatic heterocycles. The highest BCUT2D eigenvalue weighted by molar-refractivity contribution is 5.75. The summed E-state index contributed by atoms with van der Waals surface area (Å²) in [6.07, 6.45) is 5.61. The zero-order chi connectivity index (χ0) is 12.8. The van der Waals surface area contributed by atoms with Crippen molar-refractivity contribution in [1.29, 1.82) is 0 Å². The predicted molar refractivity (Wildman–Crippen MR) is 67.8 cm³/mol. The first kappa shape index (κ1) is 13.0. The van der Waals surface area contributed by atoms with E-state index in [1.54, 1.807) is 6.33 Å². The molecule has 0 radical (unpaired) electrons. The van der Waals surface area contributed by atoms with Crippen LogP contribution in [-0.4, -0.2) is 33.3 Å². The van der Waals surface area contributed by atoms with Crippen LogP contribution in [0, 0.1) is 0 Å². The van der Waals surface area contributed by atoms with Crippen LogP contribution in [-0.2, 0) is 17.9 Å². The van der Waals surface area contributed by atoms with Gasteiger partial charge in [0, 0.05) is 19.0 Å². The van der Waals surface area contributed by atoms with Gasteiger partial charge in [0.05, 0.1) is 6.54 Å². The number of nitrogens with zero attached hydrogens (tertiary/aromatic N) is 3. The van der Waals surface area contributed by atoms with Gasteiger partial charge in [-0.15, -0.1) is 10.2 Å². The highest BCUT2D eigenvalue weighted by atomic mass is 16.1. The van der Waals surface area contributed by atoms with Crippen molar-refractivity contribution in [2.24, 2.45) is 0 Å². The van der Waals surface area contributed by atoms with E-state index in [0.717, 1.165) is 25.3 Å². The number of carbonyl (C=O) groups is 1. The molecule has 6 heteroatoms. The van der Waals surface area contributed by atoms with Crippen molar-refractivity contribution >= 4 is 5.91 Å². The molecular weight excluding hydrogens is 230 g/mol. The maximum atomic E-state index is 11.7. The van der Waals surface area contributed by atoms with Crippen molar-refractivity contribution in [1.82, 2.24) is 25.4 Å². The summed E-state index contributed by atoms with van der Waals surface area (Å²) in [4.78, 5) is 11.7. The van der Waals surface area contributed by atoms with E-state index in [4.69, 9.17) is 0 Å². The van der Waals surface area contributed by atoms with E-state index in [1.807, 2.05) is 11.5 Å². The summed E-state index contributed by atoms with van der Waals surface area (Å²) in [7, 11) is 0. The summed E-state index contributed by atoms with van der Waals surface area (Å²) < 4.78 is 1.93. The molecule has 1 aliphatic heterocycles. The Bertz CT molecular complexity index is 384. The number of aryl methyl sites for hydroxylation is 1. The lowest BCUT2D eigenvalue weighted by Crippen LogP contribution is -2.28. The van der Waals surface area contributed by atoms with E-state index >= 15 is 0 Å². The summed E-state index contributed by atoms with van der Waals surface area (Å²) in [6, 6.07) is 0.523. The van der Waals surface area contributed by atoms with Crippen LogP contribution < -0.4 is 10.6 Å². The molecule has 1 aliphatic rings. The molecule has 0 aromatic carbocycles. The van der Waals surface area contributed by atoms with Gasteiger partial charge in [-0.3, -0.25) is 4.79 Å². The zero-order valence-electron chi connectivity index (χ0n) is 10.9. The van der Waals surface area contributed by atoms with E-state index in [1.165, 1.54) is 12.8 Å². The molecule has 0 spiro atoms. The maximum Gasteiger partial charge on any atom is 0.220 e. The highest BCUT2D eigenvalue weighted by Gasteiger charge is 2.15. The SMILES string of the molecule is CCn1cnnc1CNC(=O)CCC1CCCN1. The van der Waals surface area contributed by atoms with Crippen LogP contribution in [0.4, 0.5) is 0 Å². The van der Waals surface area contributed by atoms with Gasteiger partial charge in [0.2, 0.25) is 5.91 Å². The number of hydrogen-bond donors (Lipinski definition) is 2. The Morgan fingerprint density at radius 3 is 3.28 bits per heavy atom. The van der Waals surface area contributed by atoms with E-state index in [2.05, 4.69) is 20.8 Å². The average molecular weight is 251 g/mol. The fourth-order valence-corrected chi connectivity index (χ4v) is 2.25. The van der Waals surface area contributed by atoms with Crippen LogP contribution in [0.2, 0.25) is 0 Å². The fourth-order valence-electron chi connectivity index (χ4n) is 2.25. The van der Waals surface area contributed by atoms with Gasteiger partial charge in [0.15, 0.2) is 5.82 Å². The molecule has 0 aliphatic carbocycles. The average Bonchev–Trinajstić information content (AvgIpc) is 3.04. The third kappa shape index (κ3) is 3.53. The summed E-state index contributed by atoms with van der Waals surface area (Å²) >= 11 is 0. The molecule has 1 aromatic rings. The fraction of sp³-hybridized carbons (Fsp3) is 0.750. The second-order valence-corrected chi connectivity index (χ2v) is 4.64. The number of hydrogen-bond acceptors (Lipinski definition) is 4. The van der Waals surface area contributed by atoms with E-state index < -0.39 is 0 Å². The van der Waals surface area contributed by atoms with Crippen LogP contribution >= 0.6 is 0 Å². The van der Waals surface area contributed by atoms with Crippen molar-refractivity contribution in [3.8, 4) is 0 Å². The summed E-state index contributed by atoms with van der Waals surface area (Å²) in [5.41, 5.74) is 0. The normalized spacial score (nSPS) is 19.1. The van der Waals surface area contributed by atoms with E-state index in [0.29, 0.717) is 19.0 Å². The third-order valence-corrected chi connectivity index (χ3v) is 3.36. The Labute approximate surface area is 107 Å². The minimum atomic E-state index is 0.0920. The Balaban J connectivity index is 1.68. The van der Waals surface area contributed by atoms with Gasteiger partial charge in [-0.2, -0.15) is 0 Å². The van der Waals surface area contributed by atoms with Gasteiger partial charge >= 0.3 is 0 Å². The number of carbonyl (C=O) groups excluding carboxylic acids is 1. The first-order chi connectivity index (χ1) is 8.79. The van der Waals surface area contributed by atoms with Gasteiger partial charge in [-0.25, -0.2) is 0 Å². The smallest absolute Gasteiger partial charge is 0.220 e. The van der Waals surface area contributed by atoms with E-state index in [9.17, 15) is 4.79 Å². The van der Waals surface area contributed by atoms with Crippen molar-refractivity contribution in [3.05, 3.63) is 12.2 Å². The highest BCUT2D eigenvalue weighted by Crippen LogP contribution is 2.10. The van der Waals surface area contributed by atoms with Gasteiger partial charge < -0.3 is 15.2 Å². The van der Waals surface area contributed by atoms with Gasteiger partial charge in [-0.05, 0) is 32.7 Å². The number of rotatable bonds is 6. The molecule has 1 fully saturated rings. The summed E-state index contributed by atoms with van der Waals surface area (Å²) in [5.74, 6) is 0.902. The molecule has 2 heterocycles. The van der Waals surface area contributed by atoms with Crippen LogP contribution in [0.1, 0.15) is 38.4 Å². The number of nitrogens with one attached hydrogen (secondary N) is 2. The number of amides is 1. The molecule has 18 heavy (non-hydrogen) atoms. The lowest BCUT2D eigenvalue weighted by atomic mass is 10.1. The van der Waals surface area contributed by atoms with Crippen LogP contribution in [0.3, 0.4) is 0 Å². The van der Waals surface area contributed by atoms with Gasteiger partial charge in [-0.1, -0.05) is 0 Å². The van der Waals surface area contributed by atoms with Crippen molar-refractivity contribution < 1.29 is 4.79 Å². The van der Waals surface area contributed by atoms with Gasteiger partial charge in [0.25, 0.3) is 0 Å². The molecular formula is C12H21N5O. The quantitative estimate of drug-likeness (QED) is 0.770. The summed E-state index contributed by atoms with van der Waals surface area (Å²) in [5, 5.41) is 14.1. The topological polar surface area (TPSA) is 71.8 Å². The minimum Gasteiger partial charge on any atom is -0.349 e. The minimum absolute atomic E-state index is 0.0920. The third-order valence-electron chi connectivity index (χ3n) is 3.36. The van der Waals surface area contributed by atoms with E-state index in [-0.39, 0.29) is 5.91 Å². The first-order valence-electron chi connectivity index (χ1n) is 6.66. The largest absolute Gasteiger partial charge is 0.349 e. The van der Waals surface area contributed by atoms with Crippen LogP contribution in [0.15, 0.2) is 6.33 Å². The van der Waals surface area contributed by atoms with Crippen LogP contribution in [0.5, 0.6) is 0 Å². The Hall–Kier alpha value is -1.43. The Morgan fingerprint density at radius 1 is 1.67 bits per heavy atom. The van der Waals surface area contributed by atoms with Crippen molar-refractivity contribution in [3.63, 3.8) is 0 Å². The maximum absolute atomic E-state index is 11.7. The molecule has 2 N–H and O–H groups in total. The molecule has 100 valence electrons. The standard InChI is InChI=1S/C12H21N5O/c1-2-17-9-15-16-11(17)8-14-12(18)6-5-10-4-3-7-13-10/h9-10,13H,2-8H2,1H3,(H,14,18). The molecule has 2 rings (SSSR count). The molecule has 1 amide bonds. The molecule has 6 nitrogen and oxygen atoms in total. The lowest BCUT2D eigenvalue weighted by molar-refractivity contribution is -0.121. The molecule has 0 bridgehead atoms. The first-order valence-corrected chi connectivity index (χ1v) is 6.66. The molecule has 1 unspecified atom stereocenters. The predicted octanol–water partition coefficient (Wildman–Crippen LogP) is 0.446. The number of aromatic nitrogens is 3. The van der Waals surface area contributed by atoms with Crippen LogP contribution in [0.25, 0.3) is 0 Å². The Kier molecular flexibility index (Phi) is 4.69. The molecule has 1 saturated heterocycles. The lowest BCUT2D eigenvalue weighted by Gasteiger charge is -2.10. The molecule has 0 saturated carbocycles. The second-order valence-electron chi connectivity index (χ2n) is 4.64. The second kappa shape index (κ2) is 6.49. The van der Waals surface area contributed by atoms with Gasteiger partial charge in [0.1, 0.15) is 6.33 Å².